The molecular formula is C12H13ClFN3O. The maximum atomic E-state index is 13.3. The quantitative estimate of drug-likeness (QED) is 0.848. The summed E-state index contributed by atoms with van der Waals surface area (Å²) < 4.78 is 18.7. The molecule has 0 radical (unpaired) electrons. The highest BCUT2D eigenvalue weighted by atomic mass is 35.5. The summed E-state index contributed by atoms with van der Waals surface area (Å²) in [7, 11) is 0. The lowest BCUT2D eigenvalue weighted by Gasteiger charge is -1.97. The molecule has 1 heterocycles. The smallest absolute Gasteiger partial charge is 0.247 e. The number of halogens is 2. The number of likely N-dealkylation sites (N-methyl/N-ethyl adjacent to an activating group) is 1. The molecule has 0 aliphatic carbocycles. The van der Waals surface area contributed by atoms with Crippen molar-refractivity contribution in [2.24, 2.45) is 0 Å². The molecule has 2 aromatic rings. The van der Waals surface area contributed by atoms with E-state index >= 15 is 0 Å². The number of hydrogen-bond donors (Lipinski definition) is 1. The molecule has 1 N–H and O–H groups in total. The van der Waals surface area contributed by atoms with Gasteiger partial charge in [0.15, 0.2) is 0 Å². The Morgan fingerprint density at radius 2 is 2.22 bits per heavy atom. The van der Waals surface area contributed by atoms with E-state index < -0.39 is 5.82 Å². The molecule has 0 atom stereocenters. The van der Waals surface area contributed by atoms with Crippen molar-refractivity contribution in [3.63, 3.8) is 0 Å². The third-order valence-electron chi connectivity index (χ3n) is 2.40. The van der Waals surface area contributed by atoms with E-state index in [4.69, 9.17) is 16.0 Å². The van der Waals surface area contributed by atoms with Crippen LogP contribution in [0.4, 0.5) is 4.39 Å². The van der Waals surface area contributed by atoms with Crippen molar-refractivity contribution in [1.29, 1.82) is 0 Å². The van der Waals surface area contributed by atoms with Gasteiger partial charge in [-0.2, -0.15) is 0 Å². The molecule has 0 aliphatic heterocycles. The van der Waals surface area contributed by atoms with E-state index in [0.717, 1.165) is 13.1 Å². The molecule has 1 aromatic heterocycles. The summed E-state index contributed by atoms with van der Waals surface area (Å²) in [6.45, 7) is 3.69. The van der Waals surface area contributed by atoms with Gasteiger partial charge in [0.1, 0.15) is 5.82 Å². The predicted molar refractivity (Wildman–Crippen MR) is 66.9 cm³/mol. The largest absolute Gasteiger partial charge is 0.421 e. The maximum Gasteiger partial charge on any atom is 0.247 e. The van der Waals surface area contributed by atoms with Crippen molar-refractivity contribution in [3.8, 4) is 11.5 Å². The van der Waals surface area contributed by atoms with E-state index in [1.165, 1.54) is 12.1 Å². The van der Waals surface area contributed by atoms with Gasteiger partial charge in [0.25, 0.3) is 0 Å². The fourth-order valence-electron chi connectivity index (χ4n) is 1.47. The van der Waals surface area contributed by atoms with Crippen molar-refractivity contribution in [2.45, 2.75) is 13.3 Å². The third-order valence-corrected chi connectivity index (χ3v) is 2.71. The molecular weight excluding hydrogens is 257 g/mol. The van der Waals surface area contributed by atoms with Gasteiger partial charge in [0, 0.05) is 18.5 Å². The molecule has 4 nitrogen and oxygen atoms in total. The average molecular weight is 270 g/mol. The first kappa shape index (κ1) is 13.0. The number of rotatable bonds is 5. The molecule has 96 valence electrons. The molecule has 0 bridgehead atoms. The predicted octanol–water partition coefficient (Wildman–Crippen LogP) is 2.68. The van der Waals surface area contributed by atoms with Crippen molar-refractivity contribution >= 4 is 11.6 Å². The van der Waals surface area contributed by atoms with Gasteiger partial charge in [0.2, 0.25) is 11.8 Å². The molecule has 0 spiro atoms. The fourth-order valence-corrected chi connectivity index (χ4v) is 1.59. The molecule has 18 heavy (non-hydrogen) atoms. The zero-order valence-electron chi connectivity index (χ0n) is 9.91. The van der Waals surface area contributed by atoms with E-state index in [-0.39, 0.29) is 5.02 Å². The molecule has 2 rings (SSSR count). The molecule has 1 aromatic carbocycles. The van der Waals surface area contributed by atoms with Crippen LogP contribution in [-0.2, 0) is 6.42 Å². The highest BCUT2D eigenvalue weighted by Gasteiger charge is 2.10. The van der Waals surface area contributed by atoms with Gasteiger partial charge >= 0.3 is 0 Å². The second-order valence-corrected chi connectivity index (χ2v) is 4.14. The molecule has 0 amide bonds. The summed E-state index contributed by atoms with van der Waals surface area (Å²) in [5.41, 5.74) is 0.527. The van der Waals surface area contributed by atoms with Gasteiger partial charge < -0.3 is 9.73 Å². The number of benzene rings is 1. The first-order chi connectivity index (χ1) is 8.70. The van der Waals surface area contributed by atoms with E-state index in [1.54, 1.807) is 6.07 Å². The van der Waals surface area contributed by atoms with E-state index in [2.05, 4.69) is 15.5 Å². The molecule has 0 saturated carbocycles. The third kappa shape index (κ3) is 3.05. The average Bonchev–Trinajstić information content (AvgIpc) is 2.82. The van der Waals surface area contributed by atoms with Crippen molar-refractivity contribution in [2.75, 3.05) is 13.1 Å². The van der Waals surface area contributed by atoms with Crippen LogP contribution in [0.5, 0.6) is 0 Å². The van der Waals surface area contributed by atoms with Gasteiger partial charge in [-0.3, -0.25) is 0 Å². The van der Waals surface area contributed by atoms with Crippen LogP contribution < -0.4 is 5.32 Å². The van der Waals surface area contributed by atoms with E-state index in [0.29, 0.717) is 23.8 Å². The van der Waals surface area contributed by atoms with Crippen LogP contribution >= 0.6 is 11.6 Å². The van der Waals surface area contributed by atoms with Gasteiger partial charge in [-0.05, 0) is 24.7 Å². The number of nitrogens with zero attached hydrogens (tertiary/aromatic N) is 2. The highest BCUT2D eigenvalue weighted by molar-refractivity contribution is 6.30. The molecule has 0 fully saturated rings. The highest BCUT2D eigenvalue weighted by Crippen LogP contribution is 2.23. The number of aromatic nitrogens is 2. The monoisotopic (exact) mass is 269 g/mol. The van der Waals surface area contributed by atoms with Crippen LogP contribution in [0.1, 0.15) is 12.8 Å². The van der Waals surface area contributed by atoms with Crippen LogP contribution in [0.25, 0.3) is 11.5 Å². The maximum absolute atomic E-state index is 13.3. The van der Waals surface area contributed by atoms with Gasteiger partial charge in [-0.15, -0.1) is 10.2 Å². The van der Waals surface area contributed by atoms with Gasteiger partial charge in [0.05, 0.1) is 5.02 Å². The lowest BCUT2D eigenvalue weighted by Crippen LogP contribution is -2.16. The Morgan fingerprint density at radius 1 is 1.39 bits per heavy atom. The normalized spacial score (nSPS) is 10.8. The second-order valence-electron chi connectivity index (χ2n) is 3.73. The van der Waals surface area contributed by atoms with E-state index in [9.17, 15) is 4.39 Å². The number of nitrogens with one attached hydrogen (secondary N) is 1. The minimum absolute atomic E-state index is 0.0747. The Bertz CT molecular complexity index is 530. The summed E-state index contributed by atoms with van der Waals surface area (Å²) in [5, 5.41) is 11.0. The van der Waals surface area contributed by atoms with E-state index in [1.807, 2.05) is 6.92 Å². The summed E-state index contributed by atoms with van der Waals surface area (Å²) >= 11 is 5.61. The Kier molecular flexibility index (Phi) is 4.28. The van der Waals surface area contributed by atoms with Gasteiger partial charge in [-0.1, -0.05) is 18.5 Å². The molecule has 6 heteroatoms. The standard InChI is InChI=1S/C12H13ClFN3O/c1-2-15-6-5-11-16-17-12(18-11)8-3-4-9(13)10(14)7-8/h3-4,7,15H,2,5-6H2,1H3. The summed E-state index contributed by atoms with van der Waals surface area (Å²) in [5.74, 6) is 0.333. The molecule has 0 saturated heterocycles. The minimum Gasteiger partial charge on any atom is -0.421 e. The SMILES string of the molecule is CCNCCc1nnc(-c2ccc(Cl)c(F)c2)o1. The zero-order chi connectivity index (χ0) is 13.0. The van der Waals surface area contributed by atoms with Crippen LogP contribution in [0, 0.1) is 5.82 Å². The summed E-state index contributed by atoms with van der Waals surface area (Å²) in [4.78, 5) is 0. The van der Waals surface area contributed by atoms with Crippen LogP contribution in [0.2, 0.25) is 5.02 Å². The van der Waals surface area contributed by atoms with Crippen molar-refractivity contribution in [3.05, 3.63) is 34.9 Å². The first-order valence-corrected chi connectivity index (χ1v) is 6.07. The van der Waals surface area contributed by atoms with Crippen molar-refractivity contribution < 1.29 is 8.81 Å². The molecule has 0 aliphatic rings. The Labute approximate surface area is 109 Å². The van der Waals surface area contributed by atoms with Crippen LogP contribution in [0.3, 0.4) is 0 Å². The van der Waals surface area contributed by atoms with Crippen LogP contribution in [0.15, 0.2) is 22.6 Å². The Morgan fingerprint density at radius 3 is 2.94 bits per heavy atom. The van der Waals surface area contributed by atoms with Crippen LogP contribution in [-0.4, -0.2) is 23.3 Å². The topological polar surface area (TPSA) is 51.0 Å². The molecule has 0 unspecified atom stereocenters. The Hall–Kier alpha value is -1.46. The zero-order valence-corrected chi connectivity index (χ0v) is 10.7. The van der Waals surface area contributed by atoms with Crippen molar-refractivity contribution in [1.82, 2.24) is 15.5 Å². The van der Waals surface area contributed by atoms with Gasteiger partial charge in [-0.25, -0.2) is 4.39 Å². The minimum atomic E-state index is -0.499. The Balaban J connectivity index is 2.11. The second kappa shape index (κ2) is 5.93. The lowest BCUT2D eigenvalue weighted by molar-refractivity contribution is 0.496. The first-order valence-electron chi connectivity index (χ1n) is 5.69. The summed E-state index contributed by atoms with van der Waals surface area (Å²) in [6, 6.07) is 4.39. The number of hydrogen-bond acceptors (Lipinski definition) is 4. The summed E-state index contributed by atoms with van der Waals surface area (Å²) in [6.07, 6.45) is 0.650. The lowest BCUT2D eigenvalue weighted by atomic mass is 10.2. The fraction of sp³-hybridized carbons (Fsp3) is 0.333.